The van der Waals surface area contributed by atoms with Crippen LogP contribution in [0.3, 0.4) is 0 Å². The van der Waals surface area contributed by atoms with Gasteiger partial charge in [-0.25, -0.2) is 9.59 Å². The van der Waals surface area contributed by atoms with Gasteiger partial charge in [-0.3, -0.25) is 10.1 Å². The average Bonchev–Trinajstić information content (AvgIpc) is 2.91. The lowest BCUT2D eigenvalue weighted by atomic mass is 9.92. The summed E-state index contributed by atoms with van der Waals surface area (Å²) in [4.78, 5) is 34.7. The van der Waals surface area contributed by atoms with E-state index in [0.29, 0.717) is 39.3 Å². The number of rotatable bonds is 6. The molecule has 0 spiro atoms. The topological polar surface area (TPSA) is 135 Å². The number of ether oxygens (including phenoxy) is 5. The van der Waals surface area contributed by atoms with Crippen molar-refractivity contribution in [3.63, 3.8) is 0 Å². The highest BCUT2D eigenvalue weighted by Crippen LogP contribution is 2.19. The van der Waals surface area contributed by atoms with Crippen molar-refractivity contribution in [2.24, 2.45) is 11.7 Å². The van der Waals surface area contributed by atoms with Gasteiger partial charge < -0.3 is 29.4 Å². The molecule has 0 bridgehead atoms. The smallest absolute Gasteiger partial charge is 0.412 e. The number of nitrogens with two attached hydrogens (primary N) is 1. The number of hydrogen-bond donors (Lipinski definition) is 2. The minimum absolute atomic E-state index is 0.138. The van der Waals surface area contributed by atoms with E-state index in [-0.39, 0.29) is 24.2 Å². The molecular weight excluding hydrogens is 444 g/mol. The third-order valence-electron chi connectivity index (χ3n) is 5.53. The summed E-state index contributed by atoms with van der Waals surface area (Å²) >= 11 is 0. The number of carbonyl (C=O) groups excluding carboxylic acids is 3. The molecule has 0 saturated carbocycles. The predicted octanol–water partition coefficient (Wildman–Crippen LogP) is 2.06. The van der Waals surface area contributed by atoms with Crippen molar-refractivity contribution < 1.29 is 38.1 Å². The lowest BCUT2D eigenvalue weighted by Gasteiger charge is -2.25. The van der Waals surface area contributed by atoms with Crippen LogP contribution in [-0.4, -0.2) is 64.7 Å². The van der Waals surface area contributed by atoms with E-state index in [1.807, 2.05) is 30.3 Å². The Labute approximate surface area is 199 Å². The van der Waals surface area contributed by atoms with E-state index in [2.05, 4.69) is 10.1 Å². The second-order valence-corrected chi connectivity index (χ2v) is 7.77. The highest BCUT2D eigenvalue weighted by Gasteiger charge is 2.27. The van der Waals surface area contributed by atoms with Crippen LogP contribution in [0, 0.1) is 5.92 Å². The van der Waals surface area contributed by atoms with Crippen molar-refractivity contribution in [3.05, 3.63) is 47.2 Å². The molecule has 2 heterocycles. The first-order valence-corrected chi connectivity index (χ1v) is 11.2. The maximum Gasteiger partial charge on any atom is 0.412 e. The largest absolute Gasteiger partial charge is 0.468 e. The number of hydrogen-bond acceptors (Lipinski definition) is 9. The number of nitrogens with one attached hydrogen (secondary N) is 1. The molecule has 10 heteroatoms. The van der Waals surface area contributed by atoms with Crippen molar-refractivity contribution >= 4 is 18.0 Å². The normalized spacial score (nSPS) is 16.9. The first kappa shape index (κ1) is 27.3. The summed E-state index contributed by atoms with van der Waals surface area (Å²) < 4.78 is 24.8. The van der Waals surface area contributed by atoms with Gasteiger partial charge in [-0.15, -0.1) is 0 Å². The van der Waals surface area contributed by atoms with E-state index >= 15 is 0 Å². The van der Waals surface area contributed by atoms with E-state index in [1.54, 1.807) is 0 Å². The quantitative estimate of drug-likeness (QED) is 0.358. The van der Waals surface area contributed by atoms with Crippen LogP contribution in [0.5, 0.6) is 0 Å². The first-order chi connectivity index (χ1) is 16.5. The second kappa shape index (κ2) is 15.0. The Morgan fingerprint density at radius 1 is 1.00 bits per heavy atom. The Hall–Kier alpha value is -2.95. The van der Waals surface area contributed by atoms with Crippen LogP contribution in [0.2, 0.25) is 0 Å². The van der Waals surface area contributed by atoms with Gasteiger partial charge in [0.05, 0.1) is 27.4 Å². The molecule has 0 radical (unpaired) electrons. The number of amides is 1. The second-order valence-electron chi connectivity index (χ2n) is 7.77. The number of carbonyl (C=O) groups is 3. The van der Waals surface area contributed by atoms with Gasteiger partial charge in [0.2, 0.25) is 0 Å². The number of benzene rings is 1. The van der Waals surface area contributed by atoms with Crippen molar-refractivity contribution in [2.45, 2.75) is 38.3 Å². The molecule has 2 aliphatic rings. The molecule has 1 unspecified atom stereocenters. The van der Waals surface area contributed by atoms with Crippen molar-refractivity contribution in [1.82, 2.24) is 5.32 Å². The van der Waals surface area contributed by atoms with Crippen molar-refractivity contribution in [2.75, 3.05) is 40.6 Å². The van der Waals surface area contributed by atoms with Gasteiger partial charge in [0.25, 0.3) is 0 Å². The Bertz CT molecular complexity index is 814. The van der Waals surface area contributed by atoms with Crippen LogP contribution >= 0.6 is 0 Å². The van der Waals surface area contributed by atoms with Crippen LogP contribution < -0.4 is 11.1 Å². The molecule has 1 atom stereocenters. The van der Waals surface area contributed by atoms with Gasteiger partial charge in [0.1, 0.15) is 18.3 Å². The van der Waals surface area contributed by atoms with Crippen LogP contribution in [-0.2, 0) is 39.9 Å². The molecular formula is C24H34N2O8. The van der Waals surface area contributed by atoms with E-state index in [0.717, 1.165) is 24.0 Å². The summed E-state index contributed by atoms with van der Waals surface area (Å²) in [6, 6.07) is 8.84. The molecule has 2 aliphatic heterocycles. The molecule has 34 heavy (non-hydrogen) atoms. The molecule has 2 saturated heterocycles. The lowest BCUT2D eigenvalue weighted by Crippen LogP contribution is -2.41. The number of methoxy groups -OCH3 is 2. The Balaban J connectivity index is 0.000000287. The van der Waals surface area contributed by atoms with Gasteiger partial charge in [-0.1, -0.05) is 30.3 Å². The molecule has 3 rings (SSSR count). The fourth-order valence-electron chi connectivity index (χ4n) is 3.52. The Kier molecular flexibility index (Phi) is 12.1. The van der Waals surface area contributed by atoms with Gasteiger partial charge in [0.15, 0.2) is 0 Å². The minimum Gasteiger partial charge on any atom is -0.468 e. The minimum atomic E-state index is -0.678. The maximum absolute atomic E-state index is 11.9. The van der Waals surface area contributed by atoms with Gasteiger partial charge in [-0.2, -0.15) is 0 Å². The monoisotopic (exact) mass is 478 g/mol. The molecule has 1 amide bonds. The molecule has 0 aliphatic carbocycles. The number of esters is 2. The Morgan fingerprint density at radius 3 is 2.21 bits per heavy atom. The standard InChI is InChI=1S/C16H19NO5.C8H15NO3/c1-20-15(18)14(13-7-9-21-10-8-13)17-16(19)22-11-12-5-3-2-4-6-12;1-11-8(10)7(9)6-2-4-12-5-3-6/h2-6H,7-11H2,1H3,(H,17,19);6-7H,2-5,9H2,1H3. The summed E-state index contributed by atoms with van der Waals surface area (Å²) in [6.07, 6.45) is 2.21. The highest BCUT2D eigenvalue weighted by atomic mass is 16.6. The molecule has 1 aromatic carbocycles. The van der Waals surface area contributed by atoms with Crippen LogP contribution in [0.25, 0.3) is 0 Å². The molecule has 2 fully saturated rings. The Morgan fingerprint density at radius 2 is 1.62 bits per heavy atom. The molecule has 3 N–H and O–H groups in total. The van der Waals surface area contributed by atoms with Gasteiger partial charge in [0, 0.05) is 13.2 Å². The van der Waals surface area contributed by atoms with Crippen molar-refractivity contribution in [3.8, 4) is 0 Å². The van der Waals surface area contributed by atoms with Gasteiger partial charge in [-0.05, 0) is 42.7 Å². The summed E-state index contributed by atoms with van der Waals surface area (Å²) in [5.41, 5.74) is 7.51. The van der Waals surface area contributed by atoms with Crippen molar-refractivity contribution in [1.29, 1.82) is 0 Å². The fourth-order valence-corrected chi connectivity index (χ4v) is 3.52. The van der Waals surface area contributed by atoms with E-state index in [1.165, 1.54) is 14.2 Å². The zero-order valence-corrected chi connectivity index (χ0v) is 19.7. The fraction of sp³-hybridized carbons (Fsp3) is 0.542. The summed E-state index contributed by atoms with van der Waals surface area (Å²) in [5, 5.41) is 2.50. The molecule has 0 aromatic heterocycles. The average molecular weight is 479 g/mol. The predicted molar refractivity (Wildman–Crippen MR) is 122 cm³/mol. The van der Waals surface area contributed by atoms with E-state index in [4.69, 9.17) is 24.7 Å². The maximum atomic E-state index is 11.9. The van der Waals surface area contributed by atoms with Gasteiger partial charge >= 0.3 is 18.0 Å². The zero-order valence-electron chi connectivity index (χ0n) is 19.7. The third-order valence-corrected chi connectivity index (χ3v) is 5.53. The zero-order chi connectivity index (χ0) is 24.8. The first-order valence-electron chi connectivity index (χ1n) is 11.2. The summed E-state index contributed by atoms with van der Waals surface area (Å²) in [5.74, 6) is -0.665. The van der Waals surface area contributed by atoms with E-state index in [9.17, 15) is 14.4 Å². The molecule has 10 nitrogen and oxygen atoms in total. The summed E-state index contributed by atoms with van der Waals surface area (Å²) in [7, 11) is 2.64. The molecule has 1 aromatic rings. The summed E-state index contributed by atoms with van der Waals surface area (Å²) in [6.45, 7) is 2.59. The number of alkyl carbamates (subject to hydrolysis) is 1. The third kappa shape index (κ3) is 9.12. The van der Waals surface area contributed by atoms with Crippen LogP contribution in [0.1, 0.15) is 31.2 Å². The van der Waals surface area contributed by atoms with Crippen LogP contribution in [0.15, 0.2) is 41.6 Å². The SMILES string of the molecule is COC(=O)C(N)C1CCOCC1.COC(=O)C(NC(=O)OCc1ccccc1)=C1CCOCC1. The molecule has 188 valence electrons. The van der Waals surface area contributed by atoms with Crippen LogP contribution in [0.4, 0.5) is 4.79 Å². The highest BCUT2D eigenvalue weighted by molar-refractivity contribution is 5.93. The van der Waals surface area contributed by atoms with E-state index < -0.39 is 18.1 Å². The lowest BCUT2D eigenvalue weighted by molar-refractivity contribution is -0.144.